The molecule has 0 saturated carbocycles. The fourth-order valence-electron chi connectivity index (χ4n) is 3.76. The number of carbonyl (C=O) groups is 3. The average molecular weight is 385 g/mol. The van der Waals surface area contributed by atoms with Crippen LogP contribution in [-0.2, 0) is 23.8 Å². The van der Waals surface area contributed by atoms with Gasteiger partial charge in [0.2, 0.25) is 5.88 Å². The number of carbonyl (C=O) groups excluding carboxylic acids is 3. The number of hydrogen-bond acceptors (Lipinski definition) is 7. The molecular formula is C21H23NO6. The van der Waals surface area contributed by atoms with Gasteiger partial charge in [-0.05, 0) is 23.1 Å². The molecule has 0 amide bonds. The smallest absolute Gasteiger partial charge is 0.340 e. The summed E-state index contributed by atoms with van der Waals surface area (Å²) < 4.78 is 15.3. The van der Waals surface area contributed by atoms with Gasteiger partial charge < -0.3 is 19.9 Å². The van der Waals surface area contributed by atoms with Crippen LogP contribution in [0.1, 0.15) is 48.5 Å². The molecule has 1 aliphatic carbocycles. The molecule has 7 heteroatoms. The summed E-state index contributed by atoms with van der Waals surface area (Å²) in [4.78, 5) is 37.1. The predicted molar refractivity (Wildman–Crippen MR) is 99.9 cm³/mol. The van der Waals surface area contributed by atoms with Crippen molar-refractivity contribution in [3.8, 4) is 0 Å². The number of Topliss-reactive ketones (excluding diaryl/α,β-unsaturated/α-hetero) is 1. The minimum absolute atomic E-state index is 0.0712. The first-order valence-electron chi connectivity index (χ1n) is 8.89. The second-order valence-corrected chi connectivity index (χ2v) is 7.70. The lowest BCUT2D eigenvalue weighted by Gasteiger charge is -2.37. The number of hydrogen-bond donors (Lipinski definition) is 1. The summed E-state index contributed by atoms with van der Waals surface area (Å²) in [7, 11) is 2.54. The minimum atomic E-state index is -0.716. The summed E-state index contributed by atoms with van der Waals surface area (Å²) in [5, 5.41) is 0. The fourth-order valence-corrected chi connectivity index (χ4v) is 3.76. The standard InChI is InChI=1S/C21H23NO6/c1-21(2)9-13(23)16-14(10-21)28-18(22)17(20(25)27-4)15(16)11-5-7-12(8-6-11)19(24)26-3/h5-8,15H,9-10,22H2,1-4H3. The number of ketones is 1. The Morgan fingerprint density at radius 3 is 2.25 bits per heavy atom. The van der Waals surface area contributed by atoms with Gasteiger partial charge in [-0.15, -0.1) is 0 Å². The predicted octanol–water partition coefficient (Wildman–Crippen LogP) is 2.57. The van der Waals surface area contributed by atoms with Crippen LogP contribution in [0.5, 0.6) is 0 Å². The zero-order valence-electron chi connectivity index (χ0n) is 16.3. The molecule has 7 nitrogen and oxygen atoms in total. The summed E-state index contributed by atoms with van der Waals surface area (Å²) in [5.41, 5.74) is 7.30. The topological polar surface area (TPSA) is 105 Å². The lowest BCUT2D eigenvalue weighted by atomic mass is 9.70. The molecule has 148 valence electrons. The number of rotatable bonds is 3. The molecule has 0 aromatic heterocycles. The van der Waals surface area contributed by atoms with E-state index in [0.29, 0.717) is 35.3 Å². The molecule has 1 aromatic rings. The maximum Gasteiger partial charge on any atom is 0.340 e. The Hall–Kier alpha value is -3.09. The molecule has 1 aromatic carbocycles. The van der Waals surface area contributed by atoms with Crippen molar-refractivity contribution < 1.29 is 28.6 Å². The molecule has 0 spiro atoms. The van der Waals surface area contributed by atoms with Crippen molar-refractivity contribution in [1.29, 1.82) is 0 Å². The summed E-state index contributed by atoms with van der Waals surface area (Å²) >= 11 is 0. The maximum absolute atomic E-state index is 13.0. The van der Waals surface area contributed by atoms with Gasteiger partial charge in [0.1, 0.15) is 11.3 Å². The lowest BCUT2D eigenvalue weighted by molar-refractivity contribution is -0.136. The molecule has 2 aliphatic rings. The summed E-state index contributed by atoms with van der Waals surface area (Å²) in [6.07, 6.45) is 0.861. The molecule has 0 fully saturated rings. The third-order valence-electron chi connectivity index (χ3n) is 5.03. The molecule has 0 bridgehead atoms. The van der Waals surface area contributed by atoms with Crippen molar-refractivity contribution in [2.24, 2.45) is 11.1 Å². The Balaban J connectivity index is 2.15. The molecule has 1 unspecified atom stereocenters. The van der Waals surface area contributed by atoms with Crippen LogP contribution in [0, 0.1) is 5.41 Å². The van der Waals surface area contributed by atoms with Gasteiger partial charge in [-0.1, -0.05) is 26.0 Å². The van der Waals surface area contributed by atoms with E-state index in [4.69, 9.17) is 19.9 Å². The van der Waals surface area contributed by atoms with Crippen LogP contribution in [0.3, 0.4) is 0 Å². The lowest BCUT2D eigenvalue weighted by Crippen LogP contribution is -2.35. The summed E-state index contributed by atoms with van der Waals surface area (Å²) in [5.74, 6) is -1.54. The van der Waals surface area contributed by atoms with E-state index < -0.39 is 17.9 Å². The molecule has 3 rings (SSSR count). The van der Waals surface area contributed by atoms with Crippen molar-refractivity contribution in [1.82, 2.24) is 0 Å². The first-order chi connectivity index (χ1) is 13.2. The molecule has 1 atom stereocenters. The van der Waals surface area contributed by atoms with Crippen molar-refractivity contribution in [2.75, 3.05) is 14.2 Å². The molecule has 0 radical (unpaired) electrons. The monoisotopic (exact) mass is 385 g/mol. The summed E-state index contributed by atoms with van der Waals surface area (Å²) in [6.45, 7) is 3.96. The summed E-state index contributed by atoms with van der Waals surface area (Å²) in [6, 6.07) is 6.52. The largest absolute Gasteiger partial charge is 0.465 e. The van der Waals surface area contributed by atoms with Crippen LogP contribution >= 0.6 is 0 Å². The number of benzene rings is 1. The maximum atomic E-state index is 13.0. The molecular weight excluding hydrogens is 362 g/mol. The van der Waals surface area contributed by atoms with Crippen molar-refractivity contribution >= 4 is 17.7 Å². The van der Waals surface area contributed by atoms with Crippen molar-refractivity contribution in [3.63, 3.8) is 0 Å². The van der Waals surface area contributed by atoms with Crippen LogP contribution in [-0.4, -0.2) is 31.9 Å². The highest BCUT2D eigenvalue weighted by molar-refractivity contribution is 6.03. The van der Waals surface area contributed by atoms with Gasteiger partial charge in [0.15, 0.2) is 5.78 Å². The van der Waals surface area contributed by atoms with E-state index in [1.807, 2.05) is 13.8 Å². The SMILES string of the molecule is COC(=O)C1=C(N)OC2=C(C(=O)CC(C)(C)C2)C1c1ccc(C(=O)OC)cc1. The van der Waals surface area contributed by atoms with Gasteiger partial charge in [0.05, 0.1) is 25.7 Å². The van der Waals surface area contributed by atoms with E-state index in [1.54, 1.807) is 24.3 Å². The number of ether oxygens (including phenoxy) is 3. The van der Waals surface area contributed by atoms with E-state index in [0.717, 1.165) is 0 Å². The van der Waals surface area contributed by atoms with Gasteiger partial charge in [-0.3, -0.25) is 4.79 Å². The number of esters is 2. The minimum Gasteiger partial charge on any atom is -0.465 e. The highest BCUT2D eigenvalue weighted by Gasteiger charge is 2.44. The molecule has 1 aliphatic heterocycles. The van der Waals surface area contributed by atoms with Crippen LogP contribution in [0.2, 0.25) is 0 Å². The third kappa shape index (κ3) is 3.40. The number of allylic oxidation sites excluding steroid dienone is 2. The Morgan fingerprint density at radius 2 is 1.68 bits per heavy atom. The van der Waals surface area contributed by atoms with E-state index >= 15 is 0 Å². The van der Waals surface area contributed by atoms with Crippen LogP contribution in [0.4, 0.5) is 0 Å². The quantitative estimate of drug-likeness (QED) is 0.797. The highest BCUT2D eigenvalue weighted by Crippen LogP contribution is 2.48. The first kappa shape index (κ1) is 19.7. The second kappa shape index (κ2) is 7.14. The van der Waals surface area contributed by atoms with E-state index in [2.05, 4.69) is 0 Å². The molecule has 0 saturated heterocycles. The van der Waals surface area contributed by atoms with Gasteiger partial charge in [-0.25, -0.2) is 9.59 Å². The van der Waals surface area contributed by atoms with Gasteiger partial charge in [-0.2, -0.15) is 0 Å². The first-order valence-corrected chi connectivity index (χ1v) is 8.89. The van der Waals surface area contributed by atoms with Crippen molar-refractivity contribution in [2.45, 2.75) is 32.6 Å². The Bertz CT molecular complexity index is 907. The van der Waals surface area contributed by atoms with Gasteiger partial charge in [0.25, 0.3) is 0 Å². The Kier molecular flexibility index (Phi) is 5.02. The number of nitrogens with two attached hydrogens (primary N) is 1. The third-order valence-corrected chi connectivity index (χ3v) is 5.03. The van der Waals surface area contributed by atoms with E-state index in [1.165, 1.54) is 14.2 Å². The zero-order valence-corrected chi connectivity index (χ0v) is 16.3. The molecule has 1 heterocycles. The van der Waals surface area contributed by atoms with Gasteiger partial charge in [0, 0.05) is 18.4 Å². The highest BCUT2D eigenvalue weighted by atomic mass is 16.5. The Labute approximate surface area is 163 Å². The van der Waals surface area contributed by atoms with Gasteiger partial charge >= 0.3 is 11.9 Å². The molecule has 28 heavy (non-hydrogen) atoms. The van der Waals surface area contributed by atoms with E-state index in [-0.39, 0.29) is 22.7 Å². The van der Waals surface area contributed by atoms with Crippen LogP contribution < -0.4 is 5.73 Å². The van der Waals surface area contributed by atoms with Crippen LogP contribution in [0.15, 0.2) is 47.1 Å². The Morgan fingerprint density at radius 1 is 1.07 bits per heavy atom. The molecule has 2 N–H and O–H groups in total. The second-order valence-electron chi connectivity index (χ2n) is 7.70. The average Bonchev–Trinajstić information content (AvgIpc) is 2.64. The fraction of sp³-hybridized carbons (Fsp3) is 0.381. The normalized spacial score (nSPS) is 21.0. The van der Waals surface area contributed by atoms with E-state index in [9.17, 15) is 14.4 Å². The number of methoxy groups -OCH3 is 2. The van der Waals surface area contributed by atoms with Crippen molar-refractivity contribution in [3.05, 3.63) is 58.2 Å². The zero-order chi connectivity index (χ0) is 20.6. The van der Waals surface area contributed by atoms with Crippen LogP contribution in [0.25, 0.3) is 0 Å².